The van der Waals surface area contributed by atoms with Crippen LogP contribution < -0.4 is 5.32 Å². The number of phenols is 1. The highest BCUT2D eigenvalue weighted by Gasteiger charge is 2.40. The third-order valence-corrected chi connectivity index (χ3v) is 3.96. The molecule has 6 heteroatoms. The lowest BCUT2D eigenvalue weighted by Gasteiger charge is -2.41. The number of hydrogen-bond donors (Lipinski definition) is 2. The second-order valence-electron chi connectivity index (χ2n) is 4.94. The highest BCUT2D eigenvalue weighted by molar-refractivity contribution is 9.10. The highest BCUT2D eigenvalue weighted by atomic mass is 79.9. The number of carbonyl (C=O) groups is 2. The van der Waals surface area contributed by atoms with E-state index in [1.807, 2.05) is 0 Å². The molecule has 0 aromatic heterocycles. The van der Waals surface area contributed by atoms with Gasteiger partial charge in [0.1, 0.15) is 11.3 Å². The molecule has 0 spiro atoms. The molecule has 19 heavy (non-hydrogen) atoms. The number of halogens is 1. The maximum atomic E-state index is 12.4. The highest BCUT2D eigenvalue weighted by Crippen LogP contribution is 2.27. The van der Waals surface area contributed by atoms with Crippen LogP contribution in [0, 0.1) is 0 Å². The molecule has 1 heterocycles. The number of rotatable bonds is 1. The van der Waals surface area contributed by atoms with E-state index in [1.165, 1.54) is 11.0 Å². The van der Waals surface area contributed by atoms with E-state index < -0.39 is 5.54 Å². The van der Waals surface area contributed by atoms with Crippen molar-refractivity contribution in [1.29, 1.82) is 0 Å². The third kappa shape index (κ3) is 2.45. The van der Waals surface area contributed by atoms with Gasteiger partial charge in [-0.15, -0.1) is 0 Å². The number of aromatic hydroxyl groups is 1. The van der Waals surface area contributed by atoms with E-state index in [0.717, 1.165) is 0 Å². The molecule has 0 saturated carbocycles. The molecule has 1 fully saturated rings. The Hall–Kier alpha value is -1.56. The first-order valence-corrected chi connectivity index (χ1v) is 6.72. The topological polar surface area (TPSA) is 69.6 Å². The monoisotopic (exact) mass is 326 g/mol. The summed E-state index contributed by atoms with van der Waals surface area (Å²) in [7, 11) is 0. The van der Waals surface area contributed by atoms with Crippen LogP contribution in [-0.2, 0) is 4.79 Å². The van der Waals surface area contributed by atoms with E-state index in [1.54, 1.807) is 26.0 Å². The third-order valence-electron chi connectivity index (χ3n) is 3.29. The second-order valence-corrected chi connectivity index (χ2v) is 5.79. The van der Waals surface area contributed by atoms with Gasteiger partial charge in [-0.05, 0) is 48.0 Å². The van der Waals surface area contributed by atoms with Crippen molar-refractivity contribution >= 4 is 27.7 Å². The van der Waals surface area contributed by atoms with Gasteiger partial charge in [0, 0.05) is 18.7 Å². The summed E-state index contributed by atoms with van der Waals surface area (Å²) >= 11 is 3.17. The summed E-state index contributed by atoms with van der Waals surface area (Å²) in [6.07, 6.45) is 0. The predicted molar refractivity (Wildman–Crippen MR) is 73.9 cm³/mol. The van der Waals surface area contributed by atoms with Crippen LogP contribution >= 0.6 is 15.9 Å². The van der Waals surface area contributed by atoms with Gasteiger partial charge in [-0.2, -0.15) is 0 Å². The number of benzene rings is 1. The fourth-order valence-electron chi connectivity index (χ4n) is 2.06. The SMILES string of the molecule is CC1(C)C(=O)NCCN1C(=O)c1ccc(Br)c(O)c1. The summed E-state index contributed by atoms with van der Waals surface area (Å²) in [6, 6.07) is 4.63. The quantitative estimate of drug-likeness (QED) is 0.821. The first-order chi connectivity index (χ1) is 8.84. The van der Waals surface area contributed by atoms with Crippen LogP contribution in [0.5, 0.6) is 5.75 Å². The number of nitrogens with zero attached hydrogens (tertiary/aromatic N) is 1. The van der Waals surface area contributed by atoms with Crippen molar-refractivity contribution in [2.75, 3.05) is 13.1 Å². The van der Waals surface area contributed by atoms with Crippen molar-refractivity contribution in [3.63, 3.8) is 0 Å². The van der Waals surface area contributed by atoms with Crippen LogP contribution in [0.25, 0.3) is 0 Å². The number of piperazine rings is 1. The Balaban J connectivity index is 2.32. The first-order valence-electron chi connectivity index (χ1n) is 5.93. The Bertz CT molecular complexity index is 543. The molecule has 0 bridgehead atoms. The zero-order valence-corrected chi connectivity index (χ0v) is 12.3. The average Bonchev–Trinajstić information content (AvgIpc) is 2.35. The van der Waals surface area contributed by atoms with Gasteiger partial charge in [0.25, 0.3) is 5.91 Å². The molecule has 2 rings (SSSR count). The summed E-state index contributed by atoms with van der Waals surface area (Å²) in [5.74, 6) is -0.429. The summed E-state index contributed by atoms with van der Waals surface area (Å²) < 4.78 is 0.527. The number of amides is 2. The summed E-state index contributed by atoms with van der Waals surface area (Å²) in [5, 5.41) is 12.4. The van der Waals surface area contributed by atoms with Crippen molar-refractivity contribution in [3.8, 4) is 5.75 Å². The normalized spacial score (nSPS) is 18.1. The average molecular weight is 327 g/mol. The van der Waals surface area contributed by atoms with Crippen molar-refractivity contribution in [3.05, 3.63) is 28.2 Å². The van der Waals surface area contributed by atoms with Gasteiger partial charge in [0.2, 0.25) is 5.91 Å². The van der Waals surface area contributed by atoms with Crippen molar-refractivity contribution in [2.24, 2.45) is 0 Å². The predicted octanol–water partition coefficient (Wildman–Crippen LogP) is 1.51. The molecule has 0 aliphatic carbocycles. The number of carbonyl (C=O) groups excluding carboxylic acids is 2. The van der Waals surface area contributed by atoms with Gasteiger partial charge in [-0.25, -0.2) is 0 Å². The molecular weight excluding hydrogens is 312 g/mol. The Morgan fingerprint density at radius 3 is 2.79 bits per heavy atom. The number of phenolic OH excluding ortho intramolecular Hbond substituents is 1. The molecule has 2 N–H and O–H groups in total. The maximum absolute atomic E-state index is 12.4. The molecule has 1 saturated heterocycles. The van der Waals surface area contributed by atoms with Crippen LogP contribution in [0.3, 0.4) is 0 Å². The Kier molecular flexibility index (Phi) is 3.54. The van der Waals surface area contributed by atoms with E-state index in [9.17, 15) is 14.7 Å². The smallest absolute Gasteiger partial charge is 0.254 e. The minimum atomic E-state index is -0.891. The van der Waals surface area contributed by atoms with E-state index in [4.69, 9.17) is 0 Å². The molecule has 0 radical (unpaired) electrons. The van der Waals surface area contributed by atoms with Gasteiger partial charge in [0.15, 0.2) is 0 Å². The van der Waals surface area contributed by atoms with Crippen molar-refractivity contribution in [1.82, 2.24) is 10.2 Å². The van der Waals surface area contributed by atoms with Crippen molar-refractivity contribution in [2.45, 2.75) is 19.4 Å². The molecule has 102 valence electrons. The second kappa shape index (κ2) is 4.85. The minimum Gasteiger partial charge on any atom is -0.507 e. The molecule has 1 aliphatic heterocycles. The van der Waals surface area contributed by atoms with E-state index >= 15 is 0 Å². The Morgan fingerprint density at radius 1 is 1.47 bits per heavy atom. The Labute approximate surface area is 119 Å². The van der Waals surface area contributed by atoms with E-state index in [-0.39, 0.29) is 17.6 Å². The van der Waals surface area contributed by atoms with Gasteiger partial charge in [0.05, 0.1) is 4.47 Å². The molecule has 1 aromatic carbocycles. The lowest BCUT2D eigenvalue weighted by molar-refractivity contribution is -0.133. The van der Waals surface area contributed by atoms with Crippen LogP contribution in [-0.4, -0.2) is 40.4 Å². The largest absolute Gasteiger partial charge is 0.507 e. The van der Waals surface area contributed by atoms with Gasteiger partial charge in [-0.3, -0.25) is 9.59 Å². The molecule has 5 nitrogen and oxygen atoms in total. The lowest BCUT2D eigenvalue weighted by atomic mass is 9.97. The van der Waals surface area contributed by atoms with Crippen molar-refractivity contribution < 1.29 is 14.7 Å². The fourth-order valence-corrected chi connectivity index (χ4v) is 2.30. The number of hydrogen-bond acceptors (Lipinski definition) is 3. The van der Waals surface area contributed by atoms with Crippen LogP contribution in [0.1, 0.15) is 24.2 Å². The van der Waals surface area contributed by atoms with Crippen LogP contribution in [0.15, 0.2) is 22.7 Å². The summed E-state index contributed by atoms with van der Waals surface area (Å²) in [6.45, 7) is 4.31. The fraction of sp³-hybridized carbons (Fsp3) is 0.385. The molecule has 0 unspecified atom stereocenters. The molecule has 2 amide bonds. The maximum Gasteiger partial charge on any atom is 0.254 e. The van der Waals surface area contributed by atoms with Gasteiger partial charge < -0.3 is 15.3 Å². The van der Waals surface area contributed by atoms with Gasteiger partial charge in [-0.1, -0.05) is 0 Å². The van der Waals surface area contributed by atoms with Crippen LogP contribution in [0.2, 0.25) is 0 Å². The molecular formula is C13H15BrN2O3. The number of nitrogens with one attached hydrogen (secondary N) is 1. The van der Waals surface area contributed by atoms with Crippen LogP contribution in [0.4, 0.5) is 0 Å². The molecule has 0 atom stereocenters. The Morgan fingerprint density at radius 2 is 2.16 bits per heavy atom. The standard InChI is InChI=1S/C13H15BrN2O3/c1-13(2)12(19)15-5-6-16(13)11(18)8-3-4-9(14)10(17)7-8/h3-4,7,17H,5-6H2,1-2H3,(H,15,19). The lowest BCUT2D eigenvalue weighted by Crippen LogP contribution is -2.63. The summed E-state index contributed by atoms with van der Waals surface area (Å²) in [5.41, 5.74) is -0.527. The first kappa shape index (κ1) is 13.9. The minimum absolute atomic E-state index is 0.00474. The molecule has 1 aliphatic rings. The molecule has 1 aromatic rings. The van der Waals surface area contributed by atoms with E-state index in [0.29, 0.717) is 23.1 Å². The zero-order chi connectivity index (χ0) is 14.2. The zero-order valence-electron chi connectivity index (χ0n) is 10.7. The van der Waals surface area contributed by atoms with Gasteiger partial charge >= 0.3 is 0 Å². The summed E-state index contributed by atoms with van der Waals surface area (Å²) in [4.78, 5) is 25.8. The van der Waals surface area contributed by atoms with E-state index in [2.05, 4.69) is 21.2 Å².